The molecule has 1 rings (SSSR count). The number of carbonyl (C=O) groups excluding carboxylic acids is 1. The summed E-state index contributed by atoms with van der Waals surface area (Å²) in [5.41, 5.74) is 1.54. The molecule has 0 aliphatic carbocycles. The maximum atomic E-state index is 12.1. The maximum Gasteiger partial charge on any atom is 0.255 e. The first-order valence-electron chi connectivity index (χ1n) is 5.47. The van der Waals surface area contributed by atoms with Crippen molar-refractivity contribution in [3.05, 3.63) is 29.6 Å². The number of pyridine rings is 1. The fraction of sp³-hybridized carbons (Fsp3) is 0.500. The predicted octanol–water partition coefficient (Wildman–Crippen LogP) is 2.48. The average molecular weight is 241 g/mol. The molecule has 0 saturated carbocycles. The maximum absolute atomic E-state index is 12.1. The van der Waals surface area contributed by atoms with Crippen LogP contribution >= 0.6 is 11.6 Å². The Kier molecular flexibility index (Phi) is 5.26. The van der Waals surface area contributed by atoms with Crippen molar-refractivity contribution >= 4 is 17.5 Å². The molecular weight excluding hydrogens is 224 g/mol. The van der Waals surface area contributed by atoms with Gasteiger partial charge >= 0.3 is 0 Å². The number of alkyl halides is 1. The largest absolute Gasteiger partial charge is 0.337 e. The molecule has 88 valence electrons. The lowest BCUT2D eigenvalue weighted by atomic mass is 10.2. The second-order valence-electron chi connectivity index (χ2n) is 3.67. The summed E-state index contributed by atoms with van der Waals surface area (Å²) in [7, 11) is 0. The zero-order valence-electron chi connectivity index (χ0n) is 9.74. The summed E-state index contributed by atoms with van der Waals surface area (Å²) in [5.74, 6) is 0.473. The van der Waals surface area contributed by atoms with Gasteiger partial charge in [0.2, 0.25) is 0 Å². The molecule has 1 amide bonds. The van der Waals surface area contributed by atoms with Gasteiger partial charge in [-0.2, -0.15) is 0 Å². The normalized spacial score (nSPS) is 10.2. The fourth-order valence-corrected chi connectivity index (χ4v) is 1.67. The standard InChI is InChI=1S/C12H17ClN2O/c1-3-7-15(8-6-13)12(16)11-5-4-10(2)14-9-11/h4-5,9H,3,6-8H2,1-2H3. The molecule has 16 heavy (non-hydrogen) atoms. The lowest BCUT2D eigenvalue weighted by molar-refractivity contribution is 0.0765. The van der Waals surface area contributed by atoms with Crippen LogP contribution < -0.4 is 0 Å². The van der Waals surface area contributed by atoms with Gasteiger partial charge in [-0.3, -0.25) is 9.78 Å². The van der Waals surface area contributed by atoms with Crippen molar-refractivity contribution in [2.45, 2.75) is 20.3 Å². The Bertz CT molecular complexity index is 331. The quantitative estimate of drug-likeness (QED) is 0.741. The van der Waals surface area contributed by atoms with Gasteiger partial charge in [0.1, 0.15) is 0 Å². The third-order valence-electron chi connectivity index (χ3n) is 2.29. The van der Waals surface area contributed by atoms with Crippen LogP contribution in [0.25, 0.3) is 0 Å². The highest BCUT2D eigenvalue weighted by Gasteiger charge is 2.14. The molecule has 0 atom stereocenters. The van der Waals surface area contributed by atoms with Gasteiger partial charge in [0, 0.05) is 30.9 Å². The highest BCUT2D eigenvalue weighted by Crippen LogP contribution is 2.05. The van der Waals surface area contributed by atoms with E-state index < -0.39 is 0 Å². The minimum Gasteiger partial charge on any atom is -0.337 e. The summed E-state index contributed by atoms with van der Waals surface area (Å²) in [6, 6.07) is 3.65. The topological polar surface area (TPSA) is 33.2 Å². The van der Waals surface area contributed by atoms with E-state index in [2.05, 4.69) is 4.98 Å². The molecule has 0 aliphatic heterocycles. The van der Waals surface area contributed by atoms with E-state index in [0.29, 0.717) is 18.0 Å². The van der Waals surface area contributed by atoms with Gasteiger partial charge in [-0.05, 0) is 25.5 Å². The first-order valence-corrected chi connectivity index (χ1v) is 6.00. The molecular formula is C12H17ClN2O. The number of nitrogens with zero attached hydrogens (tertiary/aromatic N) is 2. The van der Waals surface area contributed by atoms with E-state index in [-0.39, 0.29) is 5.91 Å². The van der Waals surface area contributed by atoms with E-state index in [1.807, 2.05) is 26.0 Å². The highest BCUT2D eigenvalue weighted by molar-refractivity contribution is 6.18. The number of amides is 1. The van der Waals surface area contributed by atoms with Crippen LogP contribution in [0.1, 0.15) is 29.4 Å². The molecule has 1 aromatic rings. The van der Waals surface area contributed by atoms with Crippen LogP contribution in [0.4, 0.5) is 0 Å². The zero-order valence-corrected chi connectivity index (χ0v) is 10.5. The van der Waals surface area contributed by atoms with Crippen LogP contribution in [-0.2, 0) is 0 Å². The number of aromatic nitrogens is 1. The van der Waals surface area contributed by atoms with Gasteiger partial charge < -0.3 is 4.90 Å². The van der Waals surface area contributed by atoms with Crippen LogP contribution in [-0.4, -0.2) is 34.8 Å². The molecule has 0 N–H and O–H groups in total. The van der Waals surface area contributed by atoms with Gasteiger partial charge in [-0.15, -0.1) is 11.6 Å². The van der Waals surface area contributed by atoms with Crippen LogP contribution in [0, 0.1) is 6.92 Å². The van der Waals surface area contributed by atoms with E-state index >= 15 is 0 Å². The summed E-state index contributed by atoms with van der Waals surface area (Å²) in [6.07, 6.45) is 2.55. The van der Waals surface area contributed by atoms with Crippen molar-refractivity contribution in [1.29, 1.82) is 0 Å². The Balaban J connectivity index is 2.77. The molecule has 0 fully saturated rings. The number of hydrogen-bond acceptors (Lipinski definition) is 2. The monoisotopic (exact) mass is 240 g/mol. The van der Waals surface area contributed by atoms with Crippen molar-refractivity contribution in [2.75, 3.05) is 19.0 Å². The number of hydrogen-bond donors (Lipinski definition) is 0. The van der Waals surface area contributed by atoms with Crippen molar-refractivity contribution in [2.24, 2.45) is 0 Å². The van der Waals surface area contributed by atoms with E-state index in [4.69, 9.17) is 11.6 Å². The molecule has 0 spiro atoms. The molecule has 0 saturated heterocycles. The molecule has 0 bridgehead atoms. The summed E-state index contributed by atoms with van der Waals surface area (Å²) in [5, 5.41) is 0. The van der Waals surface area contributed by atoms with Gasteiger partial charge in [-0.1, -0.05) is 6.92 Å². The van der Waals surface area contributed by atoms with Crippen LogP contribution in [0.5, 0.6) is 0 Å². The molecule has 0 unspecified atom stereocenters. The summed E-state index contributed by atoms with van der Waals surface area (Å²) >= 11 is 5.68. The Hall–Kier alpha value is -1.09. The molecule has 1 aromatic heterocycles. The second-order valence-corrected chi connectivity index (χ2v) is 4.05. The first-order chi connectivity index (χ1) is 7.69. The van der Waals surface area contributed by atoms with Crippen molar-refractivity contribution in [3.63, 3.8) is 0 Å². The number of halogens is 1. The van der Waals surface area contributed by atoms with Crippen LogP contribution in [0.2, 0.25) is 0 Å². The van der Waals surface area contributed by atoms with Crippen molar-refractivity contribution in [3.8, 4) is 0 Å². The average Bonchev–Trinajstić information content (AvgIpc) is 2.29. The molecule has 4 heteroatoms. The van der Waals surface area contributed by atoms with Gasteiger partial charge in [0.15, 0.2) is 0 Å². The molecule has 0 aromatic carbocycles. The van der Waals surface area contributed by atoms with E-state index in [1.54, 1.807) is 11.1 Å². The summed E-state index contributed by atoms with van der Waals surface area (Å²) in [4.78, 5) is 17.9. The summed E-state index contributed by atoms with van der Waals surface area (Å²) in [6.45, 7) is 5.26. The Morgan fingerprint density at radius 3 is 2.69 bits per heavy atom. The van der Waals surface area contributed by atoms with Crippen LogP contribution in [0.3, 0.4) is 0 Å². The van der Waals surface area contributed by atoms with Crippen molar-refractivity contribution in [1.82, 2.24) is 9.88 Å². The second kappa shape index (κ2) is 6.48. The molecule has 3 nitrogen and oxygen atoms in total. The number of rotatable bonds is 5. The Morgan fingerprint density at radius 2 is 2.19 bits per heavy atom. The third-order valence-corrected chi connectivity index (χ3v) is 2.46. The molecule has 0 aliphatic rings. The Labute approximate surface area is 101 Å². The zero-order chi connectivity index (χ0) is 12.0. The van der Waals surface area contributed by atoms with Gasteiger partial charge in [0.25, 0.3) is 5.91 Å². The molecule has 0 radical (unpaired) electrons. The SMILES string of the molecule is CCCN(CCCl)C(=O)c1ccc(C)nc1. The highest BCUT2D eigenvalue weighted by atomic mass is 35.5. The summed E-state index contributed by atoms with van der Waals surface area (Å²) < 4.78 is 0. The van der Waals surface area contributed by atoms with E-state index in [0.717, 1.165) is 18.7 Å². The predicted molar refractivity (Wildman–Crippen MR) is 65.9 cm³/mol. The molecule has 1 heterocycles. The Morgan fingerprint density at radius 1 is 1.44 bits per heavy atom. The van der Waals surface area contributed by atoms with Crippen molar-refractivity contribution < 1.29 is 4.79 Å². The third kappa shape index (κ3) is 3.49. The lowest BCUT2D eigenvalue weighted by Crippen LogP contribution is -2.33. The van der Waals surface area contributed by atoms with E-state index in [1.165, 1.54) is 0 Å². The van der Waals surface area contributed by atoms with Crippen LogP contribution in [0.15, 0.2) is 18.3 Å². The number of carbonyl (C=O) groups is 1. The lowest BCUT2D eigenvalue weighted by Gasteiger charge is -2.20. The smallest absolute Gasteiger partial charge is 0.255 e. The number of aryl methyl sites for hydroxylation is 1. The minimum absolute atomic E-state index is 0.00926. The van der Waals surface area contributed by atoms with E-state index in [9.17, 15) is 4.79 Å². The first kappa shape index (κ1) is 13.0. The van der Waals surface area contributed by atoms with Gasteiger partial charge in [-0.25, -0.2) is 0 Å². The van der Waals surface area contributed by atoms with Gasteiger partial charge in [0.05, 0.1) is 5.56 Å². The fourth-order valence-electron chi connectivity index (χ4n) is 1.46. The minimum atomic E-state index is 0.00926.